The molecule has 0 unspecified atom stereocenters. The lowest BCUT2D eigenvalue weighted by Crippen LogP contribution is -2.07. The van der Waals surface area contributed by atoms with Crippen molar-refractivity contribution in [2.45, 2.75) is 0 Å². The molecule has 2 rings (SSSR count). The van der Waals surface area contributed by atoms with E-state index in [1.54, 1.807) is 0 Å². The molecule has 0 atom stereocenters. The van der Waals surface area contributed by atoms with Crippen LogP contribution in [0.5, 0.6) is 23.5 Å². The number of methoxy groups -OCH3 is 3. The fourth-order valence-corrected chi connectivity index (χ4v) is 1.63. The molecular weight excluding hydrogens is 295 g/mol. The Morgan fingerprint density at radius 3 is 2.27 bits per heavy atom. The van der Waals surface area contributed by atoms with Gasteiger partial charge in [-0.2, -0.15) is 9.97 Å². The van der Waals surface area contributed by atoms with Gasteiger partial charge >= 0.3 is 12.0 Å². The third-order valence-electron chi connectivity index (χ3n) is 2.64. The van der Waals surface area contributed by atoms with Gasteiger partial charge in [-0.15, -0.1) is 0 Å². The molecule has 0 bridgehead atoms. The molecule has 0 amide bonds. The van der Waals surface area contributed by atoms with Crippen LogP contribution in [0.3, 0.4) is 0 Å². The number of halogens is 1. The van der Waals surface area contributed by atoms with Crippen molar-refractivity contribution in [3.8, 4) is 23.5 Å². The number of nitrogens with zero attached hydrogens (tertiary/aromatic N) is 2. The molecule has 1 aromatic heterocycles. The first-order valence-corrected chi connectivity index (χ1v) is 6.10. The summed E-state index contributed by atoms with van der Waals surface area (Å²) in [6, 6.07) is 5.18. The minimum Gasteiger partial charge on any atom is -0.481 e. The van der Waals surface area contributed by atoms with Crippen molar-refractivity contribution in [3.05, 3.63) is 35.6 Å². The van der Waals surface area contributed by atoms with E-state index >= 15 is 0 Å². The van der Waals surface area contributed by atoms with Crippen LogP contribution >= 0.6 is 0 Å². The molecular formula is C14H13FN2O5. The fourth-order valence-electron chi connectivity index (χ4n) is 1.63. The SMILES string of the molecule is COC(=O)c1c(F)cccc1Oc1nc(OC)cc(OC)n1. The summed E-state index contributed by atoms with van der Waals surface area (Å²) in [4.78, 5) is 19.5. The van der Waals surface area contributed by atoms with Crippen LogP contribution in [-0.4, -0.2) is 37.3 Å². The molecule has 0 saturated heterocycles. The van der Waals surface area contributed by atoms with E-state index in [4.69, 9.17) is 14.2 Å². The van der Waals surface area contributed by atoms with Crippen molar-refractivity contribution in [1.29, 1.82) is 0 Å². The van der Waals surface area contributed by atoms with Crippen LogP contribution in [0.1, 0.15) is 10.4 Å². The maximum absolute atomic E-state index is 13.8. The predicted octanol–water partition coefficient (Wildman–Crippen LogP) is 2.21. The summed E-state index contributed by atoms with van der Waals surface area (Å²) in [6.07, 6.45) is 0. The number of hydrogen-bond donors (Lipinski definition) is 0. The van der Waals surface area contributed by atoms with E-state index in [9.17, 15) is 9.18 Å². The molecule has 0 spiro atoms. The van der Waals surface area contributed by atoms with Crippen molar-refractivity contribution in [3.63, 3.8) is 0 Å². The lowest BCUT2D eigenvalue weighted by Gasteiger charge is -2.10. The zero-order valence-electron chi connectivity index (χ0n) is 12.1. The Bertz CT molecular complexity index is 671. The van der Waals surface area contributed by atoms with E-state index in [0.29, 0.717) is 0 Å². The van der Waals surface area contributed by atoms with Gasteiger partial charge in [0.25, 0.3) is 0 Å². The van der Waals surface area contributed by atoms with Crippen LogP contribution in [0.4, 0.5) is 4.39 Å². The van der Waals surface area contributed by atoms with Crippen molar-refractivity contribution in [1.82, 2.24) is 9.97 Å². The topological polar surface area (TPSA) is 79.8 Å². The number of rotatable bonds is 5. The van der Waals surface area contributed by atoms with Crippen molar-refractivity contribution in [2.24, 2.45) is 0 Å². The third kappa shape index (κ3) is 3.22. The number of ether oxygens (including phenoxy) is 4. The average molecular weight is 308 g/mol. The van der Waals surface area contributed by atoms with E-state index < -0.39 is 11.8 Å². The average Bonchev–Trinajstić information content (AvgIpc) is 2.54. The molecule has 1 aromatic carbocycles. The Balaban J connectivity index is 2.43. The lowest BCUT2D eigenvalue weighted by atomic mass is 10.2. The predicted molar refractivity (Wildman–Crippen MR) is 72.9 cm³/mol. The molecule has 0 radical (unpaired) electrons. The van der Waals surface area contributed by atoms with Gasteiger partial charge in [0.1, 0.15) is 17.1 Å². The number of aromatic nitrogens is 2. The van der Waals surface area contributed by atoms with E-state index in [0.717, 1.165) is 13.2 Å². The molecule has 2 aromatic rings. The van der Waals surface area contributed by atoms with Crippen LogP contribution in [-0.2, 0) is 4.74 Å². The molecule has 0 aliphatic carbocycles. The van der Waals surface area contributed by atoms with Crippen LogP contribution < -0.4 is 14.2 Å². The molecule has 0 saturated carbocycles. The summed E-state index contributed by atoms with van der Waals surface area (Å²) in [5.74, 6) is -1.35. The van der Waals surface area contributed by atoms with Gasteiger partial charge in [-0.3, -0.25) is 0 Å². The monoisotopic (exact) mass is 308 g/mol. The quantitative estimate of drug-likeness (QED) is 0.783. The van der Waals surface area contributed by atoms with Crippen LogP contribution in [0.15, 0.2) is 24.3 Å². The summed E-state index contributed by atoms with van der Waals surface area (Å²) in [5.41, 5.74) is -0.351. The van der Waals surface area contributed by atoms with Gasteiger partial charge in [0, 0.05) is 0 Å². The van der Waals surface area contributed by atoms with Crippen LogP contribution in [0, 0.1) is 5.82 Å². The molecule has 116 valence electrons. The van der Waals surface area contributed by atoms with Crippen LogP contribution in [0.25, 0.3) is 0 Å². The van der Waals surface area contributed by atoms with Crippen molar-refractivity contribution < 1.29 is 28.1 Å². The summed E-state index contributed by atoms with van der Waals surface area (Å²) in [7, 11) is 3.96. The third-order valence-corrected chi connectivity index (χ3v) is 2.64. The van der Waals surface area contributed by atoms with E-state index in [-0.39, 0.29) is 29.1 Å². The highest BCUT2D eigenvalue weighted by Gasteiger charge is 2.20. The Kier molecular flexibility index (Phi) is 4.72. The summed E-state index contributed by atoms with van der Waals surface area (Å²) in [6.45, 7) is 0. The van der Waals surface area contributed by atoms with Gasteiger partial charge in [0.15, 0.2) is 0 Å². The van der Waals surface area contributed by atoms with Gasteiger partial charge in [-0.05, 0) is 12.1 Å². The van der Waals surface area contributed by atoms with Gasteiger partial charge in [0.2, 0.25) is 11.8 Å². The number of carbonyl (C=O) groups is 1. The standard InChI is InChI=1S/C14H13FN2O5/c1-19-10-7-11(20-2)17-14(16-10)22-9-6-4-5-8(15)12(9)13(18)21-3/h4-7H,1-3H3. The Morgan fingerprint density at radius 1 is 1.09 bits per heavy atom. The molecule has 8 heteroatoms. The highest BCUT2D eigenvalue weighted by atomic mass is 19.1. The first-order chi connectivity index (χ1) is 10.6. The van der Waals surface area contributed by atoms with E-state index in [1.807, 2.05) is 0 Å². The molecule has 7 nitrogen and oxygen atoms in total. The lowest BCUT2D eigenvalue weighted by molar-refractivity contribution is 0.0592. The molecule has 0 fully saturated rings. The number of esters is 1. The minimum atomic E-state index is -0.872. The molecule has 22 heavy (non-hydrogen) atoms. The van der Waals surface area contributed by atoms with E-state index in [2.05, 4.69) is 14.7 Å². The molecule has 1 heterocycles. The largest absolute Gasteiger partial charge is 0.481 e. The number of hydrogen-bond acceptors (Lipinski definition) is 7. The van der Waals surface area contributed by atoms with Gasteiger partial charge in [-0.1, -0.05) is 6.07 Å². The van der Waals surface area contributed by atoms with Gasteiger partial charge < -0.3 is 18.9 Å². The smallest absolute Gasteiger partial charge is 0.344 e. The number of carbonyl (C=O) groups excluding carboxylic acids is 1. The van der Waals surface area contributed by atoms with Crippen molar-refractivity contribution in [2.75, 3.05) is 21.3 Å². The Morgan fingerprint density at radius 2 is 1.73 bits per heavy atom. The maximum Gasteiger partial charge on any atom is 0.344 e. The van der Waals surface area contributed by atoms with Gasteiger partial charge in [-0.25, -0.2) is 9.18 Å². The van der Waals surface area contributed by atoms with Gasteiger partial charge in [0.05, 0.1) is 27.4 Å². The Hall–Kier alpha value is -2.90. The first-order valence-electron chi connectivity index (χ1n) is 6.10. The Labute approximate surface area is 125 Å². The van der Waals surface area contributed by atoms with E-state index in [1.165, 1.54) is 32.4 Å². The second-order valence-corrected chi connectivity index (χ2v) is 3.94. The molecule has 0 aliphatic heterocycles. The van der Waals surface area contributed by atoms with Crippen molar-refractivity contribution >= 4 is 5.97 Å². The highest BCUT2D eigenvalue weighted by Crippen LogP contribution is 2.28. The highest BCUT2D eigenvalue weighted by molar-refractivity contribution is 5.92. The van der Waals surface area contributed by atoms with Crippen LogP contribution in [0.2, 0.25) is 0 Å². The normalized spacial score (nSPS) is 10.0. The summed E-state index contributed by atoms with van der Waals surface area (Å²) in [5, 5.41) is 0. The second-order valence-electron chi connectivity index (χ2n) is 3.94. The summed E-state index contributed by atoms with van der Waals surface area (Å²) >= 11 is 0. The summed E-state index contributed by atoms with van der Waals surface area (Å²) < 4.78 is 33.7. The first kappa shape index (κ1) is 15.5. The fraction of sp³-hybridized carbons (Fsp3) is 0.214. The number of benzene rings is 1. The molecule has 0 aliphatic rings. The zero-order chi connectivity index (χ0) is 16.1. The minimum absolute atomic E-state index is 0.0813. The zero-order valence-corrected chi connectivity index (χ0v) is 12.1. The second kappa shape index (κ2) is 6.70. The molecule has 0 N–H and O–H groups in total. The maximum atomic E-state index is 13.8.